The van der Waals surface area contributed by atoms with Gasteiger partial charge in [-0.3, -0.25) is 19.1 Å². The molecule has 0 amide bonds. The van der Waals surface area contributed by atoms with Gasteiger partial charge >= 0.3 is 5.97 Å². The Hall–Kier alpha value is -2.14. The first kappa shape index (κ1) is 16.3. The normalized spacial score (nSPS) is 22.6. The first-order valence-electron chi connectivity index (χ1n) is 8.99. The molecular weight excluding hydrogens is 316 g/mol. The van der Waals surface area contributed by atoms with Crippen molar-refractivity contribution in [3.8, 4) is 0 Å². The minimum absolute atomic E-state index is 0.0464. The zero-order valence-corrected chi connectivity index (χ0v) is 14.8. The van der Waals surface area contributed by atoms with Crippen LogP contribution < -0.4 is 5.56 Å². The SMILES string of the molecule is COC(=O)Cn1c(=O)c(CN2CC3CCC2C3)cc2ccc(C)cc21. The number of nitrogens with zero attached hydrogens (tertiary/aromatic N) is 2. The molecule has 5 heteroatoms. The maximum atomic E-state index is 13.1. The largest absolute Gasteiger partial charge is 0.468 e. The van der Waals surface area contributed by atoms with Crippen molar-refractivity contribution in [2.45, 2.75) is 45.3 Å². The number of carbonyl (C=O) groups excluding carboxylic acids is 1. The summed E-state index contributed by atoms with van der Waals surface area (Å²) >= 11 is 0. The molecule has 5 nitrogen and oxygen atoms in total. The average molecular weight is 340 g/mol. The van der Waals surface area contributed by atoms with Crippen molar-refractivity contribution < 1.29 is 9.53 Å². The second kappa shape index (κ2) is 6.30. The molecule has 1 saturated heterocycles. The van der Waals surface area contributed by atoms with Crippen LogP contribution in [0.3, 0.4) is 0 Å². The Labute approximate surface area is 147 Å². The number of piperidine rings is 1. The number of esters is 1. The van der Waals surface area contributed by atoms with E-state index in [1.165, 1.54) is 26.4 Å². The molecule has 2 heterocycles. The molecule has 2 aliphatic rings. The minimum Gasteiger partial charge on any atom is -0.468 e. The zero-order valence-electron chi connectivity index (χ0n) is 14.8. The van der Waals surface area contributed by atoms with Crippen LogP contribution in [0.5, 0.6) is 0 Å². The van der Waals surface area contributed by atoms with E-state index in [4.69, 9.17) is 4.74 Å². The van der Waals surface area contributed by atoms with Gasteiger partial charge in [-0.25, -0.2) is 0 Å². The molecule has 1 aromatic carbocycles. The van der Waals surface area contributed by atoms with Gasteiger partial charge in [-0.05, 0) is 55.2 Å². The third kappa shape index (κ3) is 2.97. The summed E-state index contributed by atoms with van der Waals surface area (Å²) in [6.07, 6.45) is 3.83. The zero-order chi connectivity index (χ0) is 17.6. The summed E-state index contributed by atoms with van der Waals surface area (Å²) in [5.41, 5.74) is 2.55. The molecule has 4 rings (SSSR count). The lowest BCUT2D eigenvalue weighted by atomic mass is 10.1. The van der Waals surface area contributed by atoms with E-state index < -0.39 is 5.97 Å². The Balaban J connectivity index is 1.76. The first-order chi connectivity index (χ1) is 12.0. The van der Waals surface area contributed by atoms with Crippen LogP contribution in [0.4, 0.5) is 0 Å². The van der Waals surface area contributed by atoms with E-state index in [0.29, 0.717) is 12.6 Å². The van der Waals surface area contributed by atoms with Crippen LogP contribution in [0.2, 0.25) is 0 Å². The van der Waals surface area contributed by atoms with Crippen LogP contribution in [0, 0.1) is 12.8 Å². The van der Waals surface area contributed by atoms with Crippen molar-refractivity contribution >= 4 is 16.9 Å². The Morgan fingerprint density at radius 3 is 2.80 bits per heavy atom. The van der Waals surface area contributed by atoms with Crippen molar-refractivity contribution in [3.05, 3.63) is 45.7 Å². The van der Waals surface area contributed by atoms with E-state index in [1.54, 1.807) is 4.57 Å². The molecule has 2 aromatic rings. The van der Waals surface area contributed by atoms with Crippen molar-refractivity contribution in [1.82, 2.24) is 9.47 Å². The van der Waals surface area contributed by atoms with Gasteiger partial charge in [0.2, 0.25) is 0 Å². The third-order valence-electron chi connectivity index (χ3n) is 5.74. The number of pyridine rings is 1. The van der Waals surface area contributed by atoms with Crippen LogP contribution in [-0.4, -0.2) is 35.1 Å². The minimum atomic E-state index is -0.401. The molecule has 1 aliphatic carbocycles. The summed E-state index contributed by atoms with van der Waals surface area (Å²) < 4.78 is 6.36. The molecule has 2 bridgehead atoms. The number of fused-ring (bicyclic) bond motifs is 3. The highest BCUT2D eigenvalue weighted by Crippen LogP contribution is 2.38. The number of ether oxygens (including phenoxy) is 1. The number of methoxy groups -OCH3 is 1. The lowest BCUT2D eigenvalue weighted by Crippen LogP contribution is -2.35. The maximum absolute atomic E-state index is 13.1. The molecule has 1 aromatic heterocycles. The number of aryl methyl sites for hydroxylation is 1. The third-order valence-corrected chi connectivity index (χ3v) is 5.74. The summed E-state index contributed by atoms with van der Waals surface area (Å²) in [5, 5.41) is 0.994. The molecule has 1 saturated carbocycles. The van der Waals surface area contributed by atoms with Crippen LogP contribution in [-0.2, 0) is 22.6 Å². The lowest BCUT2D eigenvalue weighted by Gasteiger charge is -2.26. The molecule has 132 valence electrons. The van der Waals surface area contributed by atoms with E-state index >= 15 is 0 Å². The maximum Gasteiger partial charge on any atom is 0.325 e. The fourth-order valence-electron chi connectivity index (χ4n) is 4.44. The molecule has 0 radical (unpaired) electrons. The lowest BCUT2D eigenvalue weighted by molar-refractivity contribution is -0.141. The molecule has 25 heavy (non-hydrogen) atoms. The average Bonchev–Trinajstić information content (AvgIpc) is 3.21. The van der Waals surface area contributed by atoms with Crippen molar-refractivity contribution in [3.63, 3.8) is 0 Å². The van der Waals surface area contributed by atoms with Gasteiger partial charge in [-0.1, -0.05) is 12.1 Å². The monoisotopic (exact) mass is 340 g/mol. The molecule has 2 atom stereocenters. The van der Waals surface area contributed by atoms with Gasteiger partial charge < -0.3 is 4.74 Å². The van der Waals surface area contributed by atoms with Gasteiger partial charge in [-0.15, -0.1) is 0 Å². The summed E-state index contributed by atoms with van der Waals surface area (Å²) in [7, 11) is 1.35. The van der Waals surface area contributed by atoms with Crippen LogP contribution in [0.25, 0.3) is 10.9 Å². The van der Waals surface area contributed by atoms with Crippen LogP contribution in [0.1, 0.15) is 30.4 Å². The molecule has 2 fully saturated rings. The predicted molar refractivity (Wildman–Crippen MR) is 96.5 cm³/mol. The summed E-state index contributed by atoms with van der Waals surface area (Å²) in [6, 6.07) is 8.64. The topological polar surface area (TPSA) is 51.5 Å². The summed E-state index contributed by atoms with van der Waals surface area (Å²) in [6.45, 7) is 3.70. The second-order valence-electron chi connectivity index (χ2n) is 7.46. The van der Waals surface area contributed by atoms with E-state index in [0.717, 1.165) is 34.5 Å². The van der Waals surface area contributed by atoms with Gasteiger partial charge in [0.1, 0.15) is 6.54 Å². The molecular formula is C20H24N2O3. The molecule has 1 aliphatic heterocycles. The molecule has 0 N–H and O–H groups in total. The van der Waals surface area contributed by atoms with Gasteiger partial charge in [0.25, 0.3) is 5.56 Å². The second-order valence-corrected chi connectivity index (χ2v) is 7.46. The van der Waals surface area contributed by atoms with Crippen molar-refractivity contribution in [1.29, 1.82) is 0 Å². The van der Waals surface area contributed by atoms with Crippen LogP contribution >= 0.6 is 0 Å². The van der Waals surface area contributed by atoms with E-state index in [1.807, 2.05) is 31.2 Å². The number of carbonyl (C=O) groups is 1. The Morgan fingerprint density at radius 1 is 1.28 bits per heavy atom. The van der Waals surface area contributed by atoms with E-state index in [2.05, 4.69) is 4.90 Å². The number of benzene rings is 1. The number of aromatic nitrogens is 1. The quantitative estimate of drug-likeness (QED) is 0.803. The Morgan fingerprint density at radius 2 is 2.12 bits per heavy atom. The Bertz CT molecular complexity index is 886. The Kier molecular flexibility index (Phi) is 4.12. The number of likely N-dealkylation sites (tertiary alicyclic amines) is 1. The van der Waals surface area contributed by atoms with E-state index in [-0.39, 0.29) is 12.1 Å². The standard InChI is InChI=1S/C20H24N2O3/c1-13-3-5-15-9-16(11-21-10-14-4-6-17(21)8-14)20(24)22(18(15)7-13)12-19(23)25-2/h3,5,7,9,14,17H,4,6,8,10-12H2,1-2H3. The highest BCUT2D eigenvalue weighted by molar-refractivity contribution is 5.82. The number of hydrogen-bond donors (Lipinski definition) is 0. The van der Waals surface area contributed by atoms with Gasteiger partial charge in [0.05, 0.1) is 12.6 Å². The first-order valence-corrected chi connectivity index (χ1v) is 8.99. The number of hydrogen-bond acceptors (Lipinski definition) is 4. The highest BCUT2D eigenvalue weighted by Gasteiger charge is 2.37. The van der Waals surface area contributed by atoms with Gasteiger partial charge in [0, 0.05) is 24.7 Å². The van der Waals surface area contributed by atoms with Gasteiger partial charge in [-0.2, -0.15) is 0 Å². The molecule has 2 unspecified atom stereocenters. The summed E-state index contributed by atoms with van der Waals surface area (Å²) in [4.78, 5) is 27.3. The molecule has 0 spiro atoms. The van der Waals surface area contributed by atoms with Gasteiger partial charge in [0.15, 0.2) is 0 Å². The fourth-order valence-corrected chi connectivity index (χ4v) is 4.44. The fraction of sp³-hybridized carbons (Fsp3) is 0.500. The van der Waals surface area contributed by atoms with Crippen molar-refractivity contribution in [2.75, 3.05) is 13.7 Å². The highest BCUT2D eigenvalue weighted by atomic mass is 16.5. The van der Waals surface area contributed by atoms with E-state index in [9.17, 15) is 9.59 Å². The number of rotatable bonds is 4. The summed E-state index contributed by atoms with van der Waals surface area (Å²) in [5.74, 6) is 0.396. The predicted octanol–water partition coefficient (Wildman–Crippen LogP) is 2.47. The smallest absolute Gasteiger partial charge is 0.325 e. The van der Waals surface area contributed by atoms with Crippen molar-refractivity contribution in [2.24, 2.45) is 5.92 Å². The van der Waals surface area contributed by atoms with Crippen LogP contribution in [0.15, 0.2) is 29.1 Å².